The number of sulfonamides is 1. The van der Waals surface area contributed by atoms with E-state index in [-0.39, 0.29) is 22.8 Å². The van der Waals surface area contributed by atoms with Crippen molar-refractivity contribution < 1.29 is 17.9 Å². The monoisotopic (exact) mass is 436 g/mol. The lowest BCUT2D eigenvalue weighted by atomic mass is 9.90. The van der Waals surface area contributed by atoms with Crippen LogP contribution in [0.15, 0.2) is 23.1 Å². The molecule has 1 aromatic carbocycles. The van der Waals surface area contributed by atoms with Crippen molar-refractivity contribution in [3.05, 3.63) is 23.8 Å². The van der Waals surface area contributed by atoms with Crippen LogP contribution < -0.4 is 10.1 Å². The standard InChI is InChI=1S/C23H36N2O4S/c1-18-13-14-22(21(16-18)29-2)30(27,28)25-15-9-8-12-20(25)17-24-23(26)19-10-6-4-3-5-7-11-19/h13-14,16,19-20H,3-12,15,17H2,1-2H3,(H,24,26). The molecular weight excluding hydrogens is 400 g/mol. The predicted octanol–water partition coefficient (Wildman–Crippen LogP) is 4.02. The van der Waals surface area contributed by atoms with Gasteiger partial charge < -0.3 is 10.1 Å². The van der Waals surface area contributed by atoms with Gasteiger partial charge in [0, 0.05) is 25.0 Å². The fourth-order valence-corrected chi connectivity index (χ4v) is 6.52. The van der Waals surface area contributed by atoms with Gasteiger partial charge in [0.15, 0.2) is 0 Å². The quantitative estimate of drug-likeness (QED) is 0.731. The van der Waals surface area contributed by atoms with Crippen LogP contribution in [-0.4, -0.2) is 44.9 Å². The molecule has 0 radical (unpaired) electrons. The maximum atomic E-state index is 13.5. The zero-order valence-corrected chi connectivity index (χ0v) is 19.2. The number of nitrogens with one attached hydrogen (secondary N) is 1. The minimum absolute atomic E-state index is 0.0659. The van der Waals surface area contributed by atoms with Crippen molar-refractivity contribution in [2.45, 2.75) is 82.1 Å². The molecule has 6 nitrogen and oxygen atoms in total. The van der Waals surface area contributed by atoms with E-state index in [1.807, 2.05) is 6.92 Å². The van der Waals surface area contributed by atoms with E-state index >= 15 is 0 Å². The Kier molecular flexibility index (Phi) is 8.17. The number of nitrogens with zero attached hydrogens (tertiary/aromatic N) is 1. The Balaban J connectivity index is 1.70. The Morgan fingerprint density at radius 1 is 1.07 bits per heavy atom. The van der Waals surface area contributed by atoms with Crippen molar-refractivity contribution in [2.75, 3.05) is 20.2 Å². The first kappa shape index (κ1) is 23.1. The summed E-state index contributed by atoms with van der Waals surface area (Å²) >= 11 is 0. The van der Waals surface area contributed by atoms with E-state index in [1.54, 1.807) is 22.5 Å². The lowest BCUT2D eigenvalue weighted by Gasteiger charge is -2.35. The molecule has 1 saturated heterocycles. The lowest BCUT2D eigenvalue weighted by molar-refractivity contribution is -0.125. The zero-order chi connectivity index (χ0) is 21.6. The van der Waals surface area contributed by atoms with Crippen molar-refractivity contribution in [3.63, 3.8) is 0 Å². The maximum absolute atomic E-state index is 13.5. The van der Waals surface area contributed by atoms with Crippen LogP contribution in [0, 0.1) is 12.8 Å². The zero-order valence-electron chi connectivity index (χ0n) is 18.4. The summed E-state index contributed by atoms with van der Waals surface area (Å²) in [6.45, 7) is 2.76. The summed E-state index contributed by atoms with van der Waals surface area (Å²) in [5, 5.41) is 3.09. The molecule has 0 aromatic heterocycles. The number of amides is 1. The van der Waals surface area contributed by atoms with Gasteiger partial charge in [0.1, 0.15) is 10.6 Å². The van der Waals surface area contributed by atoms with Gasteiger partial charge in [-0.1, -0.05) is 44.6 Å². The number of piperidine rings is 1. The van der Waals surface area contributed by atoms with E-state index in [0.717, 1.165) is 50.5 Å². The molecule has 1 saturated carbocycles. The molecule has 1 aliphatic heterocycles. The molecule has 168 valence electrons. The van der Waals surface area contributed by atoms with E-state index in [1.165, 1.54) is 26.4 Å². The summed E-state index contributed by atoms with van der Waals surface area (Å²) in [4.78, 5) is 13.0. The van der Waals surface area contributed by atoms with Crippen LogP contribution >= 0.6 is 0 Å². The van der Waals surface area contributed by atoms with Gasteiger partial charge in [0.25, 0.3) is 0 Å². The van der Waals surface area contributed by atoms with Crippen LogP contribution in [0.4, 0.5) is 0 Å². The van der Waals surface area contributed by atoms with Gasteiger partial charge in [-0.05, 0) is 50.3 Å². The van der Waals surface area contributed by atoms with Gasteiger partial charge in [-0.3, -0.25) is 4.79 Å². The first-order valence-electron chi connectivity index (χ1n) is 11.4. The van der Waals surface area contributed by atoms with E-state index in [9.17, 15) is 13.2 Å². The fourth-order valence-electron chi connectivity index (χ4n) is 4.69. The molecule has 1 aromatic rings. The molecule has 0 spiro atoms. The normalized spacial score (nSPS) is 22.1. The van der Waals surface area contributed by atoms with Crippen molar-refractivity contribution in [1.29, 1.82) is 0 Å². The van der Waals surface area contributed by atoms with Crippen LogP contribution in [-0.2, 0) is 14.8 Å². The molecule has 1 unspecified atom stereocenters. The second kappa shape index (κ2) is 10.6. The summed E-state index contributed by atoms with van der Waals surface area (Å²) < 4.78 is 33.8. The highest BCUT2D eigenvalue weighted by Crippen LogP contribution is 2.31. The highest BCUT2D eigenvalue weighted by atomic mass is 32.2. The minimum atomic E-state index is -3.70. The Bertz CT molecular complexity index is 816. The number of carbonyl (C=O) groups is 1. The number of carbonyl (C=O) groups excluding carboxylic acids is 1. The Morgan fingerprint density at radius 3 is 2.43 bits per heavy atom. The topological polar surface area (TPSA) is 75.7 Å². The second-order valence-corrected chi connectivity index (χ2v) is 10.6. The highest BCUT2D eigenvalue weighted by Gasteiger charge is 2.35. The third kappa shape index (κ3) is 5.55. The molecule has 1 atom stereocenters. The van der Waals surface area contributed by atoms with Crippen LogP contribution in [0.5, 0.6) is 5.75 Å². The average molecular weight is 437 g/mol. The summed E-state index contributed by atoms with van der Waals surface area (Å²) in [6, 6.07) is 4.96. The number of rotatable bonds is 6. The first-order chi connectivity index (χ1) is 14.4. The SMILES string of the molecule is COc1cc(C)ccc1S(=O)(=O)N1CCCCC1CNC(=O)C1CCCCCCC1. The first-order valence-corrected chi connectivity index (χ1v) is 12.8. The number of hydrogen-bond donors (Lipinski definition) is 1. The van der Waals surface area contributed by atoms with E-state index in [2.05, 4.69) is 5.32 Å². The van der Waals surface area contributed by atoms with Gasteiger partial charge >= 0.3 is 0 Å². The Hall–Kier alpha value is -1.60. The van der Waals surface area contributed by atoms with Crippen LogP contribution in [0.3, 0.4) is 0 Å². The smallest absolute Gasteiger partial charge is 0.247 e. The van der Waals surface area contributed by atoms with Crippen molar-refractivity contribution >= 4 is 15.9 Å². The minimum Gasteiger partial charge on any atom is -0.495 e. The molecule has 2 fully saturated rings. The van der Waals surface area contributed by atoms with E-state index < -0.39 is 10.0 Å². The summed E-state index contributed by atoms with van der Waals surface area (Å²) in [6.07, 6.45) is 10.3. The van der Waals surface area contributed by atoms with Gasteiger partial charge in [-0.25, -0.2) is 8.42 Å². The largest absolute Gasteiger partial charge is 0.495 e. The Morgan fingerprint density at radius 2 is 1.73 bits per heavy atom. The predicted molar refractivity (Wildman–Crippen MR) is 118 cm³/mol. The molecular formula is C23H36N2O4S. The van der Waals surface area contributed by atoms with Gasteiger partial charge in [-0.15, -0.1) is 0 Å². The Labute approximate surface area is 181 Å². The average Bonchev–Trinajstić information content (AvgIpc) is 2.71. The summed E-state index contributed by atoms with van der Waals surface area (Å²) in [7, 11) is -2.20. The summed E-state index contributed by atoms with van der Waals surface area (Å²) in [5.74, 6) is 0.529. The van der Waals surface area contributed by atoms with Crippen molar-refractivity contribution in [3.8, 4) is 5.75 Å². The molecule has 1 heterocycles. The number of methoxy groups -OCH3 is 1. The van der Waals surface area contributed by atoms with Crippen molar-refractivity contribution in [1.82, 2.24) is 9.62 Å². The highest BCUT2D eigenvalue weighted by molar-refractivity contribution is 7.89. The number of benzene rings is 1. The third-order valence-corrected chi connectivity index (χ3v) is 8.46. The molecule has 1 aliphatic carbocycles. The molecule has 30 heavy (non-hydrogen) atoms. The second-order valence-electron chi connectivity index (χ2n) is 8.71. The number of hydrogen-bond acceptors (Lipinski definition) is 4. The van der Waals surface area contributed by atoms with Crippen LogP contribution in [0.2, 0.25) is 0 Å². The van der Waals surface area contributed by atoms with E-state index in [0.29, 0.717) is 18.8 Å². The molecule has 0 bridgehead atoms. The van der Waals surface area contributed by atoms with Gasteiger partial charge in [0.05, 0.1) is 7.11 Å². The van der Waals surface area contributed by atoms with Crippen molar-refractivity contribution in [2.24, 2.45) is 5.92 Å². The van der Waals surface area contributed by atoms with Gasteiger partial charge in [-0.2, -0.15) is 4.31 Å². The number of ether oxygens (including phenoxy) is 1. The molecule has 7 heteroatoms. The molecule has 1 N–H and O–H groups in total. The number of aryl methyl sites for hydroxylation is 1. The third-order valence-electron chi connectivity index (χ3n) is 6.47. The lowest BCUT2D eigenvalue weighted by Crippen LogP contribution is -2.50. The molecule has 1 amide bonds. The molecule has 3 rings (SSSR count). The van der Waals surface area contributed by atoms with Crippen LogP contribution in [0.25, 0.3) is 0 Å². The molecule has 2 aliphatic rings. The summed E-state index contributed by atoms with van der Waals surface area (Å²) in [5.41, 5.74) is 0.951. The van der Waals surface area contributed by atoms with Crippen LogP contribution in [0.1, 0.15) is 69.8 Å². The van der Waals surface area contributed by atoms with E-state index in [4.69, 9.17) is 4.74 Å². The van der Waals surface area contributed by atoms with Gasteiger partial charge in [0.2, 0.25) is 15.9 Å². The maximum Gasteiger partial charge on any atom is 0.247 e. The fraction of sp³-hybridized carbons (Fsp3) is 0.696.